The topological polar surface area (TPSA) is 170 Å². The average Bonchev–Trinajstić information content (AvgIpc) is 3.73. The largest absolute Gasteiger partial charge is 0.435 e. The number of carbonyl (C=O) groups excluding carboxylic acids is 2. The van der Waals surface area contributed by atoms with Gasteiger partial charge in [-0.1, -0.05) is 6.58 Å². The summed E-state index contributed by atoms with van der Waals surface area (Å²) < 4.78 is 31.8. The zero-order valence-electron chi connectivity index (χ0n) is 22.9. The van der Waals surface area contributed by atoms with Gasteiger partial charge in [-0.15, -0.1) is 0 Å². The van der Waals surface area contributed by atoms with Gasteiger partial charge < -0.3 is 48.8 Å². The highest BCUT2D eigenvalue weighted by atomic mass is 16.9. The van der Waals surface area contributed by atoms with Crippen LogP contribution >= 0.6 is 0 Å². The number of carbonyl (C=O) groups is 2. The standard InChI is InChI=1S/C29H38O12/c1-19(25(31)37-27(33)29(35,40-22-14-6-7-15-22)41-23-16-8-9-17-23)18-24(30)36-26(32)28(34,38-20-10-2-3-11-20)39-21-12-4-5-13-21/h10,12,14,16,26-27,32-35H,1-9,11,13,15,17-18H2. The third-order valence-electron chi connectivity index (χ3n) is 6.84. The second kappa shape index (κ2) is 13.6. The number of ether oxygens (including phenoxy) is 6. The highest BCUT2D eigenvalue weighted by Crippen LogP contribution is 2.33. The number of aliphatic hydroxyl groups excluding tert-OH is 2. The SMILES string of the molecule is C=C(CC(=O)OC(O)C(O)(OC1=CCCC1)OC1=CCCC1)C(=O)OC(O)C(O)(OC1=CCCC1)OC1=CCCC1. The van der Waals surface area contributed by atoms with Crippen molar-refractivity contribution in [3.8, 4) is 0 Å². The lowest BCUT2D eigenvalue weighted by atomic mass is 10.2. The van der Waals surface area contributed by atoms with Gasteiger partial charge in [-0.25, -0.2) is 4.79 Å². The molecule has 0 amide bonds. The van der Waals surface area contributed by atoms with E-state index in [-0.39, 0.29) is 0 Å². The van der Waals surface area contributed by atoms with Crippen molar-refractivity contribution in [3.05, 3.63) is 59.5 Å². The molecular weight excluding hydrogens is 540 g/mol. The molecule has 4 N–H and O–H groups in total. The highest BCUT2D eigenvalue weighted by Gasteiger charge is 2.48. The summed E-state index contributed by atoms with van der Waals surface area (Å²) in [7, 11) is 0. The van der Waals surface area contributed by atoms with Crippen LogP contribution in [0.3, 0.4) is 0 Å². The third kappa shape index (κ3) is 8.35. The van der Waals surface area contributed by atoms with Crippen LogP contribution in [0, 0.1) is 0 Å². The van der Waals surface area contributed by atoms with Crippen molar-refractivity contribution in [2.45, 2.75) is 108 Å². The number of aliphatic hydroxyl groups is 4. The zero-order valence-corrected chi connectivity index (χ0v) is 22.9. The summed E-state index contributed by atoms with van der Waals surface area (Å²) in [6.07, 6.45) is 9.59. The summed E-state index contributed by atoms with van der Waals surface area (Å²) in [6.45, 7) is 3.47. The molecule has 4 aliphatic rings. The fraction of sp³-hybridized carbons (Fsp3) is 0.586. The monoisotopic (exact) mass is 578 g/mol. The van der Waals surface area contributed by atoms with Gasteiger partial charge in [-0.05, 0) is 75.7 Å². The van der Waals surface area contributed by atoms with Crippen LogP contribution in [0.5, 0.6) is 0 Å². The van der Waals surface area contributed by atoms with Crippen molar-refractivity contribution < 1.29 is 58.4 Å². The molecule has 0 radical (unpaired) electrons. The van der Waals surface area contributed by atoms with Gasteiger partial charge in [0.1, 0.15) is 0 Å². The Kier molecular flexibility index (Phi) is 10.1. The molecule has 2 atom stereocenters. The third-order valence-corrected chi connectivity index (χ3v) is 6.84. The number of allylic oxidation sites excluding steroid dienone is 8. The first kappa shape index (κ1) is 30.6. The van der Waals surface area contributed by atoms with E-state index < -0.39 is 48.5 Å². The molecule has 4 aliphatic carbocycles. The van der Waals surface area contributed by atoms with Crippen LogP contribution in [0.4, 0.5) is 0 Å². The molecule has 41 heavy (non-hydrogen) atoms. The van der Waals surface area contributed by atoms with E-state index in [1.54, 1.807) is 24.3 Å². The van der Waals surface area contributed by atoms with Crippen molar-refractivity contribution in [2.24, 2.45) is 0 Å². The molecule has 0 aromatic heterocycles. The van der Waals surface area contributed by atoms with Crippen molar-refractivity contribution in [1.82, 2.24) is 0 Å². The van der Waals surface area contributed by atoms with Crippen LogP contribution in [0.15, 0.2) is 59.5 Å². The number of hydrogen-bond donors (Lipinski definition) is 4. The Hall–Kier alpha value is -3.32. The number of hydrogen-bond acceptors (Lipinski definition) is 12. The van der Waals surface area contributed by atoms with Gasteiger partial charge >= 0.3 is 36.5 Å². The first-order valence-electron chi connectivity index (χ1n) is 14.0. The van der Waals surface area contributed by atoms with Crippen molar-refractivity contribution in [2.75, 3.05) is 0 Å². The first-order valence-corrected chi connectivity index (χ1v) is 14.0. The van der Waals surface area contributed by atoms with Crippen LogP contribution in [-0.2, 0) is 38.0 Å². The van der Waals surface area contributed by atoms with E-state index in [0.717, 1.165) is 51.4 Å². The molecule has 0 saturated heterocycles. The molecule has 0 heterocycles. The molecule has 12 heteroatoms. The predicted octanol–water partition coefficient (Wildman–Crippen LogP) is 3.29. The molecule has 226 valence electrons. The van der Waals surface area contributed by atoms with Gasteiger partial charge in [-0.2, -0.15) is 0 Å². The van der Waals surface area contributed by atoms with E-state index in [9.17, 15) is 30.0 Å². The van der Waals surface area contributed by atoms with E-state index in [4.69, 9.17) is 28.4 Å². The zero-order chi connectivity index (χ0) is 29.5. The molecule has 12 nitrogen and oxygen atoms in total. The Balaban J connectivity index is 1.34. The average molecular weight is 579 g/mol. The molecule has 0 aromatic carbocycles. The molecule has 4 rings (SSSR count). The van der Waals surface area contributed by atoms with Crippen molar-refractivity contribution >= 4 is 11.9 Å². The molecule has 0 fully saturated rings. The molecule has 0 aliphatic heterocycles. The molecular formula is C29H38O12. The Labute approximate surface area is 238 Å². The minimum Gasteiger partial charge on any atom is -0.430 e. The number of esters is 2. The van der Waals surface area contributed by atoms with E-state index in [2.05, 4.69) is 6.58 Å². The minimum absolute atomic E-state index is 0.372. The lowest BCUT2D eigenvalue weighted by Crippen LogP contribution is -2.49. The maximum Gasteiger partial charge on any atom is 0.435 e. The summed E-state index contributed by atoms with van der Waals surface area (Å²) in [6, 6.07) is 0. The molecule has 2 unspecified atom stereocenters. The normalized spacial score (nSPS) is 20.3. The van der Waals surface area contributed by atoms with E-state index in [1.165, 1.54) is 0 Å². The van der Waals surface area contributed by atoms with Crippen LogP contribution in [0.1, 0.15) is 83.5 Å². The molecule has 0 spiro atoms. The Bertz CT molecular complexity index is 1060. The summed E-state index contributed by atoms with van der Waals surface area (Å²) in [4.78, 5) is 25.2. The summed E-state index contributed by atoms with van der Waals surface area (Å²) in [5.41, 5.74) is -0.480. The summed E-state index contributed by atoms with van der Waals surface area (Å²) in [5, 5.41) is 43.1. The Morgan fingerprint density at radius 3 is 1.34 bits per heavy atom. The van der Waals surface area contributed by atoms with Crippen LogP contribution < -0.4 is 0 Å². The summed E-state index contributed by atoms with van der Waals surface area (Å²) >= 11 is 0. The second-order valence-corrected chi connectivity index (χ2v) is 10.3. The highest BCUT2D eigenvalue weighted by molar-refractivity contribution is 5.93. The van der Waals surface area contributed by atoms with Gasteiger partial charge in [0, 0.05) is 31.3 Å². The van der Waals surface area contributed by atoms with E-state index >= 15 is 0 Å². The van der Waals surface area contributed by atoms with E-state index in [0.29, 0.717) is 48.7 Å². The quantitative estimate of drug-likeness (QED) is 0.127. The predicted molar refractivity (Wildman–Crippen MR) is 140 cm³/mol. The molecule has 0 aromatic rings. The van der Waals surface area contributed by atoms with Crippen LogP contribution in [0.2, 0.25) is 0 Å². The smallest absolute Gasteiger partial charge is 0.430 e. The maximum atomic E-state index is 12.6. The van der Waals surface area contributed by atoms with Gasteiger partial charge in [0.05, 0.1) is 29.5 Å². The molecule has 0 bridgehead atoms. The van der Waals surface area contributed by atoms with Gasteiger partial charge in [0.15, 0.2) is 0 Å². The van der Waals surface area contributed by atoms with Crippen molar-refractivity contribution in [3.63, 3.8) is 0 Å². The lowest BCUT2D eigenvalue weighted by Gasteiger charge is -2.33. The first-order chi connectivity index (χ1) is 19.6. The maximum absolute atomic E-state index is 12.6. The molecule has 0 saturated carbocycles. The number of rotatable bonds is 15. The second-order valence-electron chi connectivity index (χ2n) is 10.3. The minimum atomic E-state index is -2.73. The van der Waals surface area contributed by atoms with E-state index in [1.807, 2.05) is 0 Å². The van der Waals surface area contributed by atoms with Gasteiger partial charge in [0.2, 0.25) is 0 Å². The Morgan fingerprint density at radius 1 is 0.683 bits per heavy atom. The van der Waals surface area contributed by atoms with Crippen molar-refractivity contribution in [1.29, 1.82) is 0 Å². The van der Waals surface area contributed by atoms with Gasteiger partial charge in [0.25, 0.3) is 0 Å². The fourth-order valence-electron chi connectivity index (χ4n) is 4.68. The van der Waals surface area contributed by atoms with Crippen LogP contribution in [0.25, 0.3) is 0 Å². The van der Waals surface area contributed by atoms with Gasteiger partial charge in [-0.3, -0.25) is 4.79 Å². The lowest BCUT2D eigenvalue weighted by molar-refractivity contribution is -0.407. The summed E-state index contributed by atoms with van der Waals surface area (Å²) in [5.74, 6) is -6.37. The Morgan fingerprint density at radius 2 is 1.02 bits per heavy atom. The fourth-order valence-corrected chi connectivity index (χ4v) is 4.68. The van der Waals surface area contributed by atoms with Crippen LogP contribution in [-0.4, -0.2) is 56.9 Å².